The van der Waals surface area contributed by atoms with Crippen LogP contribution in [0.1, 0.15) is 18.1 Å². The monoisotopic (exact) mass is 383 g/mol. The number of nitrogens with zero attached hydrogens (tertiary/aromatic N) is 2. The molecule has 0 saturated carbocycles. The summed E-state index contributed by atoms with van der Waals surface area (Å²) in [6.07, 6.45) is 3.17. The maximum atomic E-state index is 12.3. The highest BCUT2D eigenvalue weighted by atomic mass is 32.2. The summed E-state index contributed by atoms with van der Waals surface area (Å²) in [4.78, 5) is 25.9. The van der Waals surface area contributed by atoms with Crippen LogP contribution in [0.2, 0.25) is 0 Å². The Bertz CT molecular complexity index is 925. The summed E-state index contributed by atoms with van der Waals surface area (Å²) in [5.41, 5.74) is 1.87. The van der Waals surface area contributed by atoms with E-state index in [9.17, 15) is 19.8 Å². The van der Waals surface area contributed by atoms with Crippen LogP contribution in [0.15, 0.2) is 60.6 Å². The second-order valence-corrected chi connectivity index (χ2v) is 7.84. The number of carboxylic acids is 1. The minimum Gasteiger partial charge on any atom is -0.477 e. The molecule has 7 heteroatoms. The number of hydrogen-bond donors (Lipinski definition) is 2. The molecular weight excluding hydrogens is 364 g/mol. The maximum absolute atomic E-state index is 12.3. The van der Waals surface area contributed by atoms with Crippen LogP contribution < -0.4 is 4.57 Å². The number of carbonyl (C=O) groups is 2. The van der Waals surface area contributed by atoms with Gasteiger partial charge in [0.2, 0.25) is 5.91 Å². The molecule has 2 N–H and O–H groups in total. The van der Waals surface area contributed by atoms with Crippen LogP contribution in [0.5, 0.6) is 0 Å². The van der Waals surface area contributed by atoms with Gasteiger partial charge in [0.1, 0.15) is 11.1 Å². The third kappa shape index (κ3) is 3.02. The number of β-lactam (4-membered cyclic amide) rings is 1. The van der Waals surface area contributed by atoms with E-state index in [1.165, 1.54) is 16.7 Å². The van der Waals surface area contributed by atoms with Crippen molar-refractivity contribution < 1.29 is 24.4 Å². The number of carbonyl (C=O) groups excluding carboxylic acids is 1. The van der Waals surface area contributed by atoms with Gasteiger partial charge in [-0.3, -0.25) is 9.69 Å². The Morgan fingerprint density at radius 3 is 2.48 bits per heavy atom. The molecule has 1 aromatic heterocycles. The van der Waals surface area contributed by atoms with E-state index in [1.54, 1.807) is 6.92 Å². The Morgan fingerprint density at radius 2 is 1.89 bits per heavy atom. The smallest absolute Gasteiger partial charge is 0.353 e. The number of aliphatic carboxylic acids is 1. The van der Waals surface area contributed by atoms with Crippen LogP contribution in [0.25, 0.3) is 4.91 Å². The number of aromatic nitrogens is 1. The molecule has 1 amide bonds. The van der Waals surface area contributed by atoms with Crippen LogP contribution in [0, 0.1) is 5.92 Å². The lowest BCUT2D eigenvalue weighted by Crippen LogP contribution is -2.60. The highest BCUT2D eigenvalue weighted by Crippen LogP contribution is 2.53. The fourth-order valence-corrected chi connectivity index (χ4v) is 5.11. The number of amides is 1. The van der Waals surface area contributed by atoms with E-state index in [4.69, 9.17) is 0 Å². The molecule has 0 spiro atoms. The zero-order chi connectivity index (χ0) is 19.1. The standard InChI is InChI=1S/C20H18N2O4S/c1-12(23)15-18(24)22-16(20(25)26)17(27-19(15)22)14-7-5-13(6-8-14)11-21-9-3-2-4-10-21/h2-10,12,15,19,23H,11H2,1H3/p+1/t12-,15+,19-/m1/s1. The fourth-order valence-electron chi connectivity index (χ4n) is 3.50. The molecule has 1 aromatic carbocycles. The van der Waals surface area contributed by atoms with Crippen molar-refractivity contribution in [3.63, 3.8) is 0 Å². The van der Waals surface area contributed by atoms with Gasteiger partial charge < -0.3 is 10.2 Å². The number of carboxylic acid groups (broad SMARTS) is 1. The van der Waals surface area contributed by atoms with Crippen molar-refractivity contribution in [2.75, 3.05) is 0 Å². The summed E-state index contributed by atoms with van der Waals surface area (Å²) in [6.45, 7) is 2.28. The summed E-state index contributed by atoms with van der Waals surface area (Å²) in [5, 5.41) is 19.1. The molecule has 6 nitrogen and oxygen atoms in total. The molecular formula is C20H19N2O4S+. The Labute approximate surface area is 160 Å². The average molecular weight is 383 g/mol. The highest BCUT2D eigenvalue weighted by Gasteiger charge is 2.57. The van der Waals surface area contributed by atoms with Gasteiger partial charge in [0, 0.05) is 22.6 Å². The molecule has 1 fully saturated rings. The van der Waals surface area contributed by atoms with Gasteiger partial charge in [0.05, 0.1) is 12.0 Å². The summed E-state index contributed by atoms with van der Waals surface area (Å²) < 4.78 is 2.05. The van der Waals surface area contributed by atoms with Gasteiger partial charge in [-0.2, -0.15) is 0 Å². The molecule has 0 bridgehead atoms. The zero-order valence-electron chi connectivity index (χ0n) is 14.6. The topological polar surface area (TPSA) is 81.7 Å². The van der Waals surface area contributed by atoms with Crippen LogP contribution in [0.4, 0.5) is 0 Å². The molecule has 27 heavy (non-hydrogen) atoms. The number of fused-ring (bicyclic) bond motifs is 1. The van der Waals surface area contributed by atoms with Gasteiger partial charge >= 0.3 is 5.97 Å². The first-order valence-corrected chi connectivity index (χ1v) is 9.54. The van der Waals surface area contributed by atoms with Crippen LogP contribution in [-0.2, 0) is 16.1 Å². The first kappa shape index (κ1) is 17.8. The number of pyridine rings is 1. The van der Waals surface area contributed by atoms with Gasteiger partial charge in [0.15, 0.2) is 18.9 Å². The molecule has 2 aliphatic heterocycles. The molecule has 0 aliphatic carbocycles. The molecule has 0 unspecified atom stereocenters. The van der Waals surface area contributed by atoms with E-state index in [-0.39, 0.29) is 17.0 Å². The first-order chi connectivity index (χ1) is 13.0. The molecule has 1 saturated heterocycles. The highest BCUT2D eigenvalue weighted by molar-refractivity contribution is 8.09. The first-order valence-electron chi connectivity index (χ1n) is 8.66. The normalized spacial score (nSPS) is 22.4. The van der Waals surface area contributed by atoms with E-state index in [0.717, 1.165) is 17.7 Å². The van der Waals surface area contributed by atoms with E-state index >= 15 is 0 Å². The van der Waals surface area contributed by atoms with E-state index in [0.29, 0.717) is 4.91 Å². The second kappa shape index (κ2) is 6.83. The zero-order valence-corrected chi connectivity index (χ0v) is 15.5. The fraction of sp³-hybridized carbons (Fsp3) is 0.250. The summed E-state index contributed by atoms with van der Waals surface area (Å²) in [6, 6.07) is 13.6. The lowest BCUT2D eigenvalue weighted by Gasteiger charge is -2.43. The maximum Gasteiger partial charge on any atom is 0.353 e. The SMILES string of the molecule is C[C@@H](O)[C@H]1C(=O)N2C(C(=O)O)=C(c3ccc(C[n+]4ccccc4)cc3)S[C@H]12. The molecule has 0 radical (unpaired) electrons. The van der Waals surface area contributed by atoms with Crippen molar-refractivity contribution in [1.82, 2.24) is 4.90 Å². The van der Waals surface area contributed by atoms with Crippen molar-refractivity contribution in [2.24, 2.45) is 5.92 Å². The molecule has 2 aromatic rings. The Kier molecular flexibility index (Phi) is 4.49. The lowest BCUT2D eigenvalue weighted by molar-refractivity contribution is -0.688. The largest absolute Gasteiger partial charge is 0.477 e. The molecule has 3 heterocycles. The van der Waals surface area contributed by atoms with Crippen LogP contribution in [-0.4, -0.2) is 38.5 Å². The molecule has 138 valence electrons. The van der Waals surface area contributed by atoms with Crippen molar-refractivity contribution in [3.05, 3.63) is 71.7 Å². The lowest BCUT2D eigenvalue weighted by atomic mass is 9.92. The Balaban J connectivity index is 1.61. The van der Waals surface area contributed by atoms with Crippen molar-refractivity contribution in [1.29, 1.82) is 0 Å². The average Bonchev–Trinajstić information content (AvgIpc) is 2.98. The number of aliphatic hydroxyl groups excluding tert-OH is 1. The van der Waals surface area contributed by atoms with Crippen molar-refractivity contribution >= 4 is 28.5 Å². The summed E-state index contributed by atoms with van der Waals surface area (Å²) >= 11 is 1.34. The Morgan fingerprint density at radius 1 is 1.22 bits per heavy atom. The van der Waals surface area contributed by atoms with E-state index in [2.05, 4.69) is 4.57 Å². The van der Waals surface area contributed by atoms with Gasteiger partial charge in [-0.1, -0.05) is 42.1 Å². The van der Waals surface area contributed by atoms with Crippen molar-refractivity contribution in [3.8, 4) is 0 Å². The quantitative estimate of drug-likeness (QED) is 0.607. The molecule has 2 aliphatic rings. The Hall–Kier alpha value is -2.64. The third-order valence-electron chi connectivity index (χ3n) is 4.86. The van der Waals surface area contributed by atoms with E-state index in [1.807, 2.05) is 54.9 Å². The van der Waals surface area contributed by atoms with Crippen LogP contribution >= 0.6 is 11.8 Å². The van der Waals surface area contributed by atoms with Crippen molar-refractivity contribution in [2.45, 2.75) is 24.9 Å². The minimum absolute atomic E-state index is 0.0112. The van der Waals surface area contributed by atoms with Gasteiger partial charge in [-0.25, -0.2) is 9.36 Å². The second-order valence-electron chi connectivity index (χ2n) is 6.71. The summed E-state index contributed by atoms with van der Waals surface area (Å²) in [5.74, 6) is -2.01. The predicted molar refractivity (Wildman–Crippen MR) is 100 cm³/mol. The number of rotatable bonds is 5. The van der Waals surface area contributed by atoms with Gasteiger partial charge in [-0.05, 0) is 12.5 Å². The number of aliphatic hydroxyl groups is 1. The minimum atomic E-state index is -1.12. The molecule has 3 atom stereocenters. The number of hydrogen-bond acceptors (Lipinski definition) is 4. The van der Waals surface area contributed by atoms with E-state index < -0.39 is 18.0 Å². The third-order valence-corrected chi connectivity index (χ3v) is 6.27. The summed E-state index contributed by atoms with van der Waals surface area (Å²) in [7, 11) is 0. The van der Waals surface area contributed by atoms with Crippen LogP contribution in [0.3, 0.4) is 0 Å². The number of benzene rings is 1. The molecule has 4 rings (SSSR count). The van der Waals surface area contributed by atoms with Gasteiger partial charge in [0.25, 0.3) is 0 Å². The predicted octanol–water partition coefficient (Wildman–Crippen LogP) is 1.69. The van der Waals surface area contributed by atoms with Gasteiger partial charge in [-0.15, -0.1) is 0 Å². The number of thioether (sulfide) groups is 1.